The van der Waals surface area contributed by atoms with Gasteiger partial charge in [-0.05, 0) is 57.3 Å². The van der Waals surface area contributed by atoms with E-state index in [1.54, 1.807) is 0 Å². The van der Waals surface area contributed by atoms with Gasteiger partial charge in [0, 0.05) is 6.54 Å². The Bertz CT molecular complexity index is 464. The van der Waals surface area contributed by atoms with Crippen molar-refractivity contribution < 1.29 is 4.79 Å². The number of nitrogens with one attached hydrogen (secondary N) is 1. The molecule has 0 saturated carbocycles. The second kappa shape index (κ2) is 8.30. The largest absolute Gasteiger partial charge is 0.354 e. The first kappa shape index (κ1) is 17.0. The van der Waals surface area contributed by atoms with Gasteiger partial charge in [0.25, 0.3) is 0 Å². The van der Waals surface area contributed by atoms with E-state index in [-0.39, 0.29) is 5.91 Å². The SMILES string of the molecule is CCCN1CCC(CNC(=O)C(N)c2ccc(C)cc2)CC1. The van der Waals surface area contributed by atoms with E-state index in [9.17, 15) is 4.79 Å². The summed E-state index contributed by atoms with van der Waals surface area (Å²) in [5.74, 6) is 0.516. The fraction of sp³-hybridized carbons (Fsp3) is 0.611. The molecule has 0 aliphatic carbocycles. The molecule has 122 valence electrons. The van der Waals surface area contributed by atoms with Gasteiger partial charge in [-0.15, -0.1) is 0 Å². The Kier molecular flexibility index (Phi) is 6.40. The van der Waals surface area contributed by atoms with Crippen LogP contribution in [0.5, 0.6) is 0 Å². The zero-order valence-electron chi connectivity index (χ0n) is 13.8. The predicted octanol–water partition coefficient (Wildman–Crippen LogP) is 2.23. The van der Waals surface area contributed by atoms with Crippen LogP contribution in [0.1, 0.15) is 43.4 Å². The van der Waals surface area contributed by atoms with Gasteiger partial charge in [0.2, 0.25) is 5.91 Å². The Morgan fingerprint density at radius 2 is 1.95 bits per heavy atom. The minimum Gasteiger partial charge on any atom is -0.354 e. The molecule has 2 rings (SSSR count). The fourth-order valence-corrected chi connectivity index (χ4v) is 3.01. The van der Waals surface area contributed by atoms with Crippen molar-refractivity contribution in [3.63, 3.8) is 0 Å². The van der Waals surface area contributed by atoms with Gasteiger partial charge in [0.1, 0.15) is 6.04 Å². The second-order valence-corrected chi connectivity index (χ2v) is 6.42. The summed E-state index contributed by atoms with van der Waals surface area (Å²) in [5, 5.41) is 3.03. The third kappa shape index (κ3) is 4.82. The first-order valence-electron chi connectivity index (χ1n) is 8.42. The van der Waals surface area contributed by atoms with Crippen molar-refractivity contribution in [1.29, 1.82) is 0 Å². The number of piperidine rings is 1. The number of hydrogen-bond acceptors (Lipinski definition) is 3. The van der Waals surface area contributed by atoms with Gasteiger partial charge >= 0.3 is 0 Å². The lowest BCUT2D eigenvalue weighted by Gasteiger charge is -2.31. The number of amides is 1. The molecule has 0 aromatic heterocycles. The summed E-state index contributed by atoms with van der Waals surface area (Å²) >= 11 is 0. The number of aryl methyl sites for hydroxylation is 1. The van der Waals surface area contributed by atoms with Gasteiger partial charge in [-0.2, -0.15) is 0 Å². The molecule has 1 amide bonds. The van der Waals surface area contributed by atoms with Crippen LogP contribution < -0.4 is 11.1 Å². The second-order valence-electron chi connectivity index (χ2n) is 6.42. The maximum Gasteiger partial charge on any atom is 0.241 e. The molecule has 1 saturated heterocycles. The minimum absolute atomic E-state index is 0.0696. The molecule has 1 aliphatic rings. The monoisotopic (exact) mass is 303 g/mol. The van der Waals surface area contributed by atoms with Crippen LogP contribution in [-0.2, 0) is 4.79 Å². The lowest BCUT2D eigenvalue weighted by molar-refractivity contribution is -0.122. The van der Waals surface area contributed by atoms with E-state index in [4.69, 9.17) is 5.73 Å². The fourth-order valence-electron chi connectivity index (χ4n) is 3.01. The van der Waals surface area contributed by atoms with Crippen molar-refractivity contribution in [2.24, 2.45) is 11.7 Å². The van der Waals surface area contributed by atoms with Crippen LogP contribution in [0, 0.1) is 12.8 Å². The molecule has 1 aliphatic heterocycles. The number of carbonyl (C=O) groups is 1. The first-order chi connectivity index (χ1) is 10.6. The van der Waals surface area contributed by atoms with Crippen molar-refractivity contribution in [2.45, 2.75) is 39.2 Å². The van der Waals surface area contributed by atoms with Gasteiger partial charge in [0.05, 0.1) is 0 Å². The third-order valence-electron chi connectivity index (χ3n) is 4.53. The normalized spacial score (nSPS) is 18.1. The lowest BCUT2D eigenvalue weighted by atomic mass is 9.96. The molecule has 4 heteroatoms. The maximum atomic E-state index is 12.2. The van der Waals surface area contributed by atoms with E-state index in [0.29, 0.717) is 5.92 Å². The van der Waals surface area contributed by atoms with E-state index >= 15 is 0 Å². The van der Waals surface area contributed by atoms with E-state index < -0.39 is 6.04 Å². The summed E-state index contributed by atoms with van der Waals surface area (Å²) in [6, 6.07) is 7.28. The molecular weight excluding hydrogens is 274 g/mol. The van der Waals surface area contributed by atoms with Crippen LogP contribution >= 0.6 is 0 Å². The minimum atomic E-state index is -0.569. The molecular formula is C18H29N3O. The number of hydrogen-bond donors (Lipinski definition) is 2. The molecule has 1 aromatic carbocycles. The Labute approximate surface area is 134 Å². The lowest BCUT2D eigenvalue weighted by Crippen LogP contribution is -2.41. The highest BCUT2D eigenvalue weighted by Crippen LogP contribution is 2.17. The highest BCUT2D eigenvalue weighted by molar-refractivity contribution is 5.82. The molecule has 1 aromatic rings. The van der Waals surface area contributed by atoms with Gasteiger partial charge in [-0.1, -0.05) is 36.8 Å². The van der Waals surface area contributed by atoms with Crippen molar-refractivity contribution in [2.75, 3.05) is 26.2 Å². The van der Waals surface area contributed by atoms with Crippen LogP contribution in [0.4, 0.5) is 0 Å². The molecule has 0 radical (unpaired) electrons. The summed E-state index contributed by atoms with van der Waals surface area (Å²) in [4.78, 5) is 14.7. The number of likely N-dealkylation sites (tertiary alicyclic amines) is 1. The average molecular weight is 303 g/mol. The predicted molar refractivity (Wildman–Crippen MR) is 90.6 cm³/mol. The zero-order valence-corrected chi connectivity index (χ0v) is 13.8. The third-order valence-corrected chi connectivity index (χ3v) is 4.53. The standard InChI is InChI=1S/C18H29N3O/c1-3-10-21-11-8-15(9-12-21)13-20-18(22)17(19)16-6-4-14(2)5-7-16/h4-7,15,17H,3,8-13,19H2,1-2H3,(H,20,22). The Morgan fingerprint density at radius 1 is 1.32 bits per heavy atom. The summed E-state index contributed by atoms with van der Waals surface area (Å²) in [7, 11) is 0. The topological polar surface area (TPSA) is 58.4 Å². The van der Waals surface area contributed by atoms with Crippen molar-refractivity contribution in [3.05, 3.63) is 35.4 Å². The van der Waals surface area contributed by atoms with Crippen LogP contribution in [0.15, 0.2) is 24.3 Å². The Balaban J connectivity index is 1.75. The van der Waals surface area contributed by atoms with Crippen LogP contribution in [-0.4, -0.2) is 37.0 Å². The van der Waals surface area contributed by atoms with E-state index in [1.807, 2.05) is 31.2 Å². The Morgan fingerprint density at radius 3 is 2.55 bits per heavy atom. The molecule has 1 atom stereocenters. The smallest absolute Gasteiger partial charge is 0.241 e. The molecule has 1 fully saturated rings. The quantitative estimate of drug-likeness (QED) is 0.847. The molecule has 4 nitrogen and oxygen atoms in total. The number of carbonyl (C=O) groups excluding carboxylic acids is 1. The van der Waals surface area contributed by atoms with Crippen LogP contribution in [0.25, 0.3) is 0 Å². The Hall–Kier alpha value is -1.39. The average Bonchev–Trinajstić information content (AvgIpc) is 2.54. The van der Waals surface area contributed by atoms with Crippen LogP contribution in [0.2, 0.25) is 0 Å². The summed E-state index contributed by atoms with van der Waals surface area (Å²) in [6.45, 7) is 8.49. The molecule has 1 heterocycles. The summed E-state index contributed by atoms with van der Waals surface area (Å²) < 4.78 is 0. The molecule has 0 spiro atoms. The molecule has 0 bridgehead atoms. The highest BCUT2D eigenvalue weighted by Gasteiger charge is 2.21. The summed E-state index contributed by atoms with van der Waals surface area (Å²) in [5.41, 5.74) is 8.10. The van der Waals surface area contributed by atoms with Gasteiger partial charge in [-0.25, -0.2) is 0 Å². The summed E-state index contributed by atoms with van der Waals surface area (Å²) in [6.07, 6.45) is 3.55. The zero-order chi connectivity index (χ0) is 15.9. The van der Waals surface area contributed by atoms with Gasteiger partial charge < -0.3 is 16.0 Å². The molecule has 3 N–H and O–H groups in total. The molecule has 1 unspecified atom stereocenters. The number of nitrogens with zero attached hydrogens (tertiary/aromatic N) is 1. The number of benzene rings is 1. The first-order valence-corrected chi connectivity index (χ1v) is 8.42. The van der Waals surface area contributed by atoms with E-state index in [1.165, 1.54) is 31.4 Å². The molecule has 22 heavy (non-hydrogen) atoms. The van der Waals surface area contributed by atoms with Crippen molar-refractivity contribution in [3.8, 4) is 0 Å². The number of rotatable bonds is 6. The van der Waals surface area contributed by atoms with Gasteiger partial charge in [0.15, 0.2) is 0 Å². The number of nitrogens with two attached hydrogens (primary N) is 1. The maximum absolute atomic E-state index is 12.2. The highest BCUT2D eigenvalue weighted by atomic mass is 16.2. The van der Waals surface area contributed by atoms with Crippen molar-refractivity contribution >= 4 is 5.91 Å². The van der Waals surface area contributed by atoms with Crippen molar-refractivity contribution in [1.82, 2.24) is 10.2 Å². The van der Waals surface area contributed by atoms with Crippen LogP contribution in [0.3, 0.4) is 0 Å². The van der Waals surface area contributed by atoms with E-state index in [0.717, 1.165) is 25.2 Å². The van der Waals surface area contributed by atoms with E-state index in [2.05, 4.69) is 17.1 Å². The van der Waals surface area contributed by atoms with Gasteiger partial charge in [-0.3, -0.25) is 4.79 Å².